The third kappa shape index (κ3) is 3.74. The molecule has 2 rings (SSSR count). The molecule has 1 fully saturated rings. The average molecular weight is 254 g/mol. The summed E-state index contributed by atoms with van der Waals surface area (Å²) in [5, 5.41) is 12.0. The lowest BCUT2D eigenvalue weighted by atomic mass is 10.0. The Morgan fingerprint density at radius 2 is 2.41 bits per heavy atom. The lowest BCUT2D eigenvalue weighted by molar-refractivity contribution is -0.117. The number of anilines is 1. The number of aryl methyl sites for hydroxylation is 1. The molecule has 5 nitrogen and oxygen atoms in total. The molecule has 0 saturated carbocycles. The van der Waals surface area contributed by atoms with E-state index in [0.717, 1.165) is 18.1 Å². The van der Waals surface area contributed by atoms with E-state index in [-0.39, 0.29) is 5.91 Å². The Labute approximate surface area is 105 Å². The van der Waals surface area contributed by atoms with Gasteiger partial charge in [-0.1, -0.05) is 18.3 Å². The number of hydrogen-bond acceptors (Lipinski definition) is 5. The predicted molar refractivity (Wildman–Crippen MR) is 68.1 cm³/mol. The molecule has 94 valence electrons. The van der Waals surface area contributed by atoms with Crippen LogP contribution in [0.2, 0.25) is 0 Å². The van der Waals surface area contributed by atoms with Gasteiger partial charge in [-0.25, -0.2) is 0 Å². The van der Waals surface area contributed by atoms with E-state index in [2.05, 4.69) is 27.3 Å². The summed E-state index contributed by atoms with van der Waals surface area (Å²) < 4.78 is 0. The minimum atomic E-state index is 0.00949. The molecule has 1 amide bonds. The van der Waals surface area contributed by atoms with Crippen molar-refractivity contribution in [1.29, 1.82) is 0 Å². The Morgan fingerprint density at radius 1 is 1.59 bits per heavy atom. The Morgan fingerprint density at radius 3 is 3.06 bits per heavy atom. The van der Waals surface area contributed by atoms with Crippen molar-refractivity contribution in [3.8, 4) is 0 Å². The van der Waals surface area contributed by atoms with Gasteiger partial charge in [-0.2, -0.15) is 0 Å². The predicted octanol–water partition coefficient (Wildman–Crippen LogP) is 1.52. The van der Waals surface area contributed by atoms with Crippen LogP contribution in [0.15, 0.2) is 0 Å². The molecule has 0 aromatic carbocycles. The largest absolute Gasteiger partial charge is 0.299 e. The smallest absolute Gasteiger partial charge is 0.240 e. The lowest BCUT2D eigenvalue weighted by Gasteiger charge is -2.29. The number of amides is 1. The van der Waals surface area contributed by atoms with Crippen molar-refractivity contribution in [3.63, 3.8) is 0 Å². The number of carbonyl (C=O) groups excluding carboxylic acids is 1. The van der Waals surface area contributed by atoms with Gasteiger partial charge < -0.3 is 0 Å². The van der Waals surface area contributed by atoms with Gasteiger partial charge in [0.05, 0.1) is 6.54 Å². The number of hydrogen-bond donors (Lipinski definition) is 1. The molecule has 1 aromatic rings. The zero-order chi connectivity index (χ0) is 12.3. The van der Waals surface area contributed by atoms with Crippen molar-refractivity contribution in [2.45, 2.75) is 26.7 Å². The van der Waals surface area contributed by atoms with Gasteiger partial charge in [-0.3, -0.25) is 15.0 Å². The molecule has 17 heavy (non-hydrogen) atoms. The number of nitrogens with zero attached hydrogens (tertiary/aromatic N) is 3. The maximum absolute atomic E-state index is 11.8. The van der Waals surface area contributed by atoms with Gasteiger partial charge >= 0.3 is 0 Å². The summed E-state index contributed by atoms with van der Waals surface area (Å²) in [6.07, 6.45) is 2.46. The number of carbonyl (C=O) groups is 1. The van der Waals surface area contributed by atoms with Crippen LogP contribution in [0, 0.1) is 12.8 Å². The first-order valence-electron chi connectivity index (χ1n) is 5.96. The fraction of sp³-hybridized carbons (Fsp3) is 0.727. The van der Waals surface area contributed by atoms with Gasteiger partial charge in [0.25, 0.3) is 0 Å². The van der Waals surface area contributed by atoms with Crippen LogP contribution in [-0.2, 0) is 4.79 Å². The zero-order valence-electron chi connectivity index (χ0n) is 10.3. The zero-order valence-corrected chi connectivity index (χ0v) is 11.1. The van der Waals surface area contributed by atoms with Crippen LogP contribution in [0.25, 0.3) is 0 Å². The van der Waals surface area contributed by atoms with Crippen LogP contribution < -0.4 is 5.32 Å². The van der Waals surface area contributed by atoms with E-state index in [1.807, 2.05) is 6.92 Å². The van der Waals surface area contributed by atoms with Gasteiger partial charge in [0, 0.05) is 6.54 Å². The number of piperidine rings is 1. The van der Waals surface area contributed by atoms with Crippen molar-refractivity contribution in [2.75, 3.05) is 25.0 Å². The summed E-state index contributed by atoms with van der Waals surface area (Å²) in [6.45, 7) is 6.61. The summed E-state index contributed by atoms with van der Waals surface area (Å²) in [5.41, 5.74) is 0. The number of aromatic nitrogens is 2. The molecular formula is C11H18N4OS. The number of nitrogens with one attached hydrogen (secondary N) is 1. The highest BCUT2D eigenvalue weighted by molar-refractivity contribution is 7.15. The van der Waals surface area contributed by atoms with Crippen molar-refractivity contribution in [3.05, 3.63) is 5.01 Å². The van der Waals surface area contributed by atoms with Crippen LogP contribution in [0.1, 0.15) is 24.8 Å². The van der Waals surface area contributed by atoms with E-state index in [1.165, 1.54) is 24.2 Å². The quantitative estimate of drug-likeness (QED) is 0.888. The van der Waals surface area contributed by atoms with Crippen LogP contribution >= 0.6 is 11.3 Å². The molecule has 1 N–H and O–H groups in total. The van der Waals surface area contributed by atoms with E-state index < -0.39 is 0 Å². The van der Waals surface area contributed by atoms with E-state index >= 15 is 0 Å². The van der Waals surface area contributed by atoms with Crippen molar-refractivity contribution in [1.82, 2.24) is 15.1 Å². The van der Waals surface area contributed by atoms with Gasteiger partial charge in [-0.05, 0) is 32.2 Å². The van der Waals surface area contributed by atoms with E-state index in [9.17, 15) is 4.79 Å². The summed E-state index contributed by atoms with van der Waals surface area (Å²) >= 11 is 1.41. The molecule has 0 spiro atoms. The maximum Gasteiger partial charge on any atom is 0.240 e. The molecule has 0 aliphatic carbocycles. The van der Waals surface area contributed by atoms with Gasteiger partial charge in [0.15, 0.2) is 0 Å². The lowest BCUT2D eigenvalue weighted by Crippen LogP contribution is -2.39. The molecule has 0 radical (unpaired) electrons. The normalized spacial score (nSPS) is 21.4. The molecule has 2 heterocycles. The fourth-order valence-corrected chi connectivity index (χ4v) is 2.75. The molecule has 1 unspecified atom stereocenters. The Bertz CT molecular complexity index is 393. The van der Waals surface area contributed by atoms with Crippen LogP contribution in [0.4, 0.5) is 5.13 Å². The fourth-order valence-electron chi connectivity index (χ4n) is 2.14. The second-order valence-corrected chi connectivity index (χ2v) is 5.84. The van der Waals surface area contributed by atoms with Crippen LogP contribution in [0.5, 0.6) is 0 Å². The first kappa shape index (κ1) is 12.4. The van der Waals surface area contributed by atoms with E-state index in [1.54, 1.807) is 0 Å². The SMILES string of the molecule is Cc1nnc(NC(=O)CN2CCCC(C)C2)s1. The highest BCUT2D eigenvalue weighted by Gasteiger charge is 2.18. The highest BCUT2D eigenvalue weighted by atomic mass is 32.1. The first-order chi connectivity index (χ1) is 8.13. The Kier molecular flexibility index (Phi) is 4.06. The van der Waals surface area contributed by atoms with Gasteiger partial charge in [0.1, 0.15) is 5.01 Å². The average Bonchev–Trinajstić information content (AvgIpc) is 2.63. The highest BCUT2D eigenvalue weighted by Crippen LogP contribution is 2.16. The van der Waals surface area contributed by atoms with Crippen molar-refractivity contribution in [2.24, 2.45) is 5.92 Å². The van der Waals surface area contributed by atoms with E-state index in [0.29, 0.717) is 17.6 Å². The molecular weight excluding hydrogens is 236 g/mol. The third-order valence-corrected chi connectivity index (χ3v) is 3.63. The van der Waals surface area contributed by atoms with Crippen molar-refractivity contribution < 1.29 is 4.79 Å². The summed E-state index contributed by atoms with van der Waals surface area (Å²) in [5.74, 6) is 0.704. The molecule has 1 aromatic heterocycles. The third-order valence-electron chi connectivity index (χ3n) is 2.88. The van der Waals surface area contributed by atoms with Gasteiger partial charge in [-0.15, -0.1) is 10.2 Å². The van der Waals surface area contributed by atoms with Crippen LogP contribution in [-0.4, -0.2) is 40.6 Å². The number of likely N-dealkylation sites (tertiary alicyclic amines) is 1. The maximum atomic E-state index is 11.8. The standard InChI is InChI=1S/C11H18N4OS/c1-8-4-3-5-15(6-8)7-10(16)12-11-14-13-9(2)17-11/h8H,3-7H2,1-2H3,(H,12,14,16). The summed E-state index contributed by atoms with van der Waals surface area (Å²) in [7, 11) is 0. The minimum absolute atomic E-state index is 0.00949. The molecule has 1 atom stereocenters. The molecule has 1 aliphatic heterocycles. The van der Waals surface area contributed by atoms with E-state index in [4.69, 9.17) is 0 Å². The monoisotopic (exact) mass is 254 g/mol. The second-order valence-electron chi connectivity index (χ2n) is 4.66. The number of rotatable bonds is 3. The molecule has 1 saturated heterocycles. The summed E-state index contributed by atoms with van der Waals surface area (Å²) in [6, 6.07) is 0. The molecule has 0 bridgehead atoms. The first-order valence-corrected chi connectivity index (χ1v) is 6.77. The molecule has 1 aliphatic rings. The van der Waals surface area contributed by atoms with Gasteiger partial charge in [0.2, 0.25) is 11.0 Å². The van der Waals surface area contributed by atoms with Crippen LogP contribution in [0.3, 0.4) is 0 Å². The molecule has 6 heteroatoms. The Hall–Kier alpha value is -1.01. The topological polar surface area (TPSA) is 58.1 Å². The Balaban J connectivity index is 1.80. The minimum Gasteiger partial charge on any atom is -0.299 e. The summed E-state index contributed by atoms with van der Waals surface area (Å²) in [4.78, 5) is 14.0. The van der Waals surface area contributed by atoms with Crippen molar-refractivity contribution >= 4 is 22.4 Å². The second kappa shape index (κ2) is 5.55.